The van der Waals surface area contributed by atoms with Crippen LogP contribution in [0.2, 0.25) is 0 Å². The maximum Gasteiger partial charge on any atom is 0.0858 e. The molecule has 0 radical (unpaired) electrons. The summed E-state index contributed by atoms with van der Waals surface area (Å²) < 4.78 is 0. The number of hydrogen-bond donors (Lipinski definition) is 3. The number of aromatic amines is 1. The van der Waals surface area contributed by atoms with E-state index >= 15 is 0 Å². The van der Waals surface area contributed by atoms with E-state index in [1.54, 1.807) is 0 Å². The zero-order valence-corrected chi connectivity index (χ0v) is 14.3. The minimum atomic E-state index is -0.386. The van der Waals surface area contributed by atoms with Crippen molar-refractivity contribution < 1.29 is 5.11 Å². The van der Waals surface area contributed by atoms with Crippen molar-refractivity contribution >= 4 is 0 Å². The van der Waals surface area contributed by atoms with Crippen LogP contribution in [0.1, 0.15) is 56.5 Å². The molecule has 3 N–H and O–H groups in total. The van der Waals surface area contributed by atoms with Crippen LogP contribution in [-0.2, 0) is 12.0 Å². The summed E-state index contributed by atoms with van der Waals surface area (Å²) in [5.74, 6) is 0. The Hall–Kier alpha value is -1.65. The summed E-state index contributed by atoms with van der Waals surface area (Å²) in [6, 6.07) is 9.99. The van der Waals surface area contributed by atoms with Gasteiger partial charge in [0.05, 0.1) is 12.3 Å². The summed E-state index contributed by atoms with van der Waals surface area (Å²) in [6.45, 7) is 8.17. The normalized spacial score (nSPS) is 17.9. The van der Waals surface area contributed by atoms with E-state index in [1.807, 2.05) is 36.5 Å². The van der Waals surface area contributed by atoms with Gasteiger partial charge in [-0.05, 0) is 18.4 Å². The lowest BCUT2D eigenvalue weighted by atomic mass is 9.89. The molecule has 1 aliphatic carbocycles. The van der Waals surface area contributed by atoms with Crippen LogP contribution in [-0.4, -0.2) is 21.8 Å². The topological polar surface area (TPSA) is 60.9 Å². The van der Waals surface area contributed by atoms with Crippen molar-refractivity contribution in [2.75, 3.05) is 6.54 Å². The van der Waals surface area contributed by atoms with E-state index in [0.29, 0.717) is 0 Å². The van der Waals surface area contributed by atoms with Crippen LogP contribution >= 0.6 is 0 Å². The number of nitrogens with zero attached hydrogens (tertiary/aromatic N) is 1. The molecule has 0 amide bonds. The Labute approximate surface area is 138 Å². The van der Waals surface area contributed by atoms with Gasteiger partial charge in [-0.3, -0.25) is 5.10 Å². The molecule has 4 nitrogen and oxygen atoms in total. The van der Waals surface area contributed by atoms with Gasteiger partial charge in [-0.25, -0.2) is 0 Å². The number of aromatic nitrogens is 2. The van der Waals surface area contributed by atoms with Crippen LogP contribution in [0.4, 0.5) is 0 Å². The molecule has 23 heavy (non-hydrogen) atoms. The molecule has 1 saturated carbocycles. The highest BCUT2D eigenvalue weighted by Crippen LogP contribution is 2.54. The molecule has 1 heterocycles. The summed E-state index contributed by atoms with van der Waals surface area (Å²) in [5, 5.41) is 21.5. The first-order chi connectivity index (χ1) is 10.9. The van der Waals surface area contributed by atoms with Gasteiger partial charge < -0.3 is 10.4 Å². The molecule has 1 aromatic carbocycles. The molecule has 1 fully saturated rings. The summed E-state index contributed by atoms with van der Waals surface area (Å²) in [6.07, 6.45) is 3.67. The van der Waals surface area contributed by atoms with E-state index in [9.17, 15) is 5.11 Å². The van der Waals surface area contributed by atoms with E-state index in [4.69, 9.17) is 0 Å². The van der Waals surface area contributed by atoms with Gasteiger partial charge in [0.1, 0.15) is 0 Å². The molecular formula is C19H27N3O. The molecule has 0 spiro atoms. The fourth-order valence-electron chi connectivity index (χ4n) is 3.24. The number of rotatable bonds is 6. The Bertz CT molecular complexity index is 638. The lowest BCUT2D eigenvalue weighted by molar-refractivity contribution is 0.0917. The smallest absolute Gasteiger partial charge is 0.0858 e. The van der Waals surface area contributed by atoms with Gasteiger partial charge in [-0.15, -0.1) is 0 Å². The predicted octanol–water partition coefficient (Wildman–Crippen LogP) is 3.31. The molecule has 0 saturated heterocycles. The Kier molecular flexibility index (Phi) is 4.30. The first-order valence-electron chi connectivity index (χ1n) is 8.39. The van der Waals surface area contributed by atoms with Crippen molar-refractivity contribution in [2.45, 2.75) is 51.7 Å². The van der Waals surface area contributed by atoms with Gasteiger partial charge in [0, 0.05) is 35.2 Å². The molecule has 4 heteroatoms. The lowest BCUT2D eigenvalue weighted by Crippen LogP contribution is -2.29. The van der Waals surface area contributed by atoms with E-state index in [0.717, 1.165) is 31.5 Å². The first kappa shape index (κ1) is 16.2. The van der Waals surface area contributed by atoms with Gasteiger partial charge in [0.2, 0.25) is 0 Å². The second-order valence-corrected chi connectivity index (χ2v) is 7.80. The zero-order valence-electron chi connectivity index (χ0n) is 14.3. The third kappa shape index (κ3) is 3.48. The van der Waals surface area contributed by atoms with Crippen LogP contribution in [0.25, 0.3) is 0 Å². The van der Waals surface area contributed by atoms with Gasteiger partial charge in [-0.1, -0.05) is 51.1 Å². The molecule has 124 valence electrons. The largest absolute Gasteiger partial charge is 0.388 e. The fourth-order valence-corrected chi connectivity index (χ4v) is 3.24. The van der Waals surface area contributed by atoms with E-state index in [-0.39, 0.29) is 16.9 Å². The maximum atomic E-state index is 10.7. The van der Waals surface area contributed by atoms with Crippen LogP contribution in [0.15, 0.2) is 36.5 Å². The average molecular weight is 313 g/mol. The minimum Gasteiger partial charge on any atom is -0.388 e. The molecule has 0 aliphatic heterocycles. The monoisotopic (exact) mass is 313 g/mol. The molecule has 3 rings (SSSR count). The van der Waals surface area contributed by atoms with Gasteiger partial charge in [0.15, 0.2) is 0 Å². The van der Waals surface area contributed by atoms with Gasteiger partial charge in [-0.2, -0.15) is 5.10 Å². The second kappa shape index (κ2) is 6.10. The van der Waals surface area contributed by atoms with Crippen molar-refractivity contribution in [3.63, 3.8) is 0 Å². The van der Waals surface area contributed by atoms with Gasteiger partial charge in [0.25, 0.3) is 0 Å². The van der Waals surface area contributed by atoms with Crippen LogP contribution < -0.4 is 5.32 Å². The van der Waals surface area contributed by atoms with Crippen LogP contribution in [0.3, 0.4) is 0 Å². The van der Waals surface area contributed by atoms with E-state index < -0.39 is 0 Å². The number of aliphatic hydroxyl groups excluding tert-OH is 1. The maximum absolute atomic E-state index is 10.7. The molecule has 1 atom stereocenters. The average Bonchev–Trinajstić information content (AvgIpc) is 3.15. The van der Waals surface area contributed by atoms with Crippen molar-refractivity contribution in [2.24, 2.45) is 5.41 Å². The van der Waals surface area contributed by atoms with Crippen molar-refractivity contribution in [1.82, 2.24) is 15.5 Å². The van der Waals surface area contributed by atoms with Crippen molar-refractivity contribution in [3.8, 4) is 0 Å². The number of nitrogens with one attached hydrogen (secondary N) is 2. The van der Waals surface area contributed by atoms with Gasteiger partial charge >= 0.3 is 0 Å². The lowest BCUT2D eigenvalue weighted by Gasteiger charge is -2.24. The molecule has 1 aromatic heterocycles. The standard InChI is InChI=1S/C19H27N3O/c1-18(2,3)16-15(12-21-22-16)11-20-13-19(9-10-19)17(23)14-7-5-4-6-8-14/h4-8,12,17,20,23H,9-11,13H2,1-3H3,(H,21,22). The predicted molar refractivity (Wildman–Crippen MR) is 92.1 cm³/mol. The van der Waals surface area contributed by atoms with E-state index in [1.165, 1.54) is 11.3 Å². The summed E-state index contributed by atoms with van der Waals surface area (Å²) >= 11 is 0. The Morgan fingerprint density at radius 2 is 1.96 bits per heavy atom. The number of benzene rings is 1. The molecule has 0 bridgehead atoms. The number of aliphatic hydroxyl groups is 1. The zero-order chi connectivity index (χ0) is 16.5. The third-order valence-electron chi connectivity index (χ3n) is 4.85. The fraction of sp³-hybridized carbons (Fsp3) is 0.526. The highest BCUT2D eigenvalue weighted by atomic mass is 16.3. The Morgan fingerprint density at radius 1 is 1.26 bits per heavy atom. The Balaban J connectivity index is 1.60. The second-order valence-electron chi connectivity index (χ2n) is 7.80. The first-order valence-corrected chi connectivity index (χ1v) is 8.39. The van der Waals surface area contributed by atoms with Crippen molar-refractivity contribution in [3.05, 3.63) is 53.3 Å². The van der Waals surface area contributed by atoms with E-state index in [2.05, 4.69) is 36.3 Å². The Morgan fingerprint density at radius 3 is 2.57 bits per heavy atom. The summed E-state index contributed by atoms with van der Waals surface area (Å²) in [7, 11) is 0. The summed E-state index contributed by atoms with van der Waals surface area (Å²) in [5.41, 5.74) is 3.47. The van der Waals surface area contributed by atoms with Crippen LogP contribution in [0.5, 0.6) is 0 Å². The van der Waals surface area contributed by atoms with Crippen molar-refractivity contribution in [1.29, 1.82) is 0 Å². The third-order valence-corrected chi connectivity index (χ3v) is 4.85. The minimum absolute atomic E-state index is 0.00696. The molecule has 1 aliphatic rings. The SMILES string of the molecule is CC(C)(C)c1[nH]ncc1CNCC1(C(O)c2ccccc2)CC1. The number of hydrogen-bond acceptors (Lipinski definition) is 3. The highest BCUT2D eigenvalue weighted by Gasteiger charge is 2.48. The molecule has 1 unspecified atom stereocenters. The molecule has 2 aromatic rings. The summed E-state index contributed by atoms with van der Waals surface area (Å²) in [4.78, 5) is 0. The quantitative estimate of drug-likeness (QED) is 0.767. The number of H-pyrrole nitrogens is 1. The highest BCUT2D eigenvalue weighted by molar-refractivity contribution is 5.24. The van der Waals surface area contributed by atoms with Crippen LogP contribution in [0, 0.1) is 5.41 Å². The molecular weight excluding hydrogens is 286 g/mol.